The number of benzene rings is 1. The lowest BCUT2D eigenvalue weighted by molar-refractivity contribution is -0.127. The van der Waals surface area contributed by atoms with Crippen molar-refractivity contribution in [1.29, 1.82) is 0 Å². The number of likely N-dealkylation sites (tertiary alicyclic amines) is 1. The highest BCUT2D eigenvalue weighted by molar-refractivity contribution is 6.30. The highest BCUT2D eigenvalue weighted by Gasteiger charge is 2.25. The van der Waals surface area contributed by atoms with Gasteiger partial charge in [0.15, 0.2) is 0 Å². The third kappa shape index (κ3) is 4.95. The Morgan fingerprint density at radius 1 is 1.04 bits per heavy atom. The van der Waals surface area contributed by atoms with Crippen molar-refractivity contribution in [2.24, 2.45) is 5.92 Å². The molecular weight excluding hydrogens is 308 g/mol. The van der Waals surface area contributed by atoms with Crippen molar-refractivity contribution >= 4 is 17.5 Å². The topological polar surface area (TPSA) is 32.3 Å². The molecule has 0 atom stereocenters. The molecule has 0 spiro atoms. The first kappa shape index (κ1) is 16.8. The normalized spacial score (nSPS) is 21.3. The third-order valence-electron chi connectivity index (χ3n) is 5.23. The molecule has 126 valence electrons. The van der Waals surface area contributed by atoms with E-state index >= 15 is 0 Å². The van der Waals surface area contributed by atoms with E-state index in [9.17, 15) is 4.79 Å². The lowest BCUT2D eigenvalue weighted by Crippen LogP contribution is -2.46. The summed E-state index contributed by atoms with van der Waals surface area (Å²) in [6.45, 7) is 3.08. The van der Waals surface area contributed by atoms with E-state index in [4.69, 9.17) is 11.6 Å². The van der Waals surface area contributed by atoms with Crippen LogP contribution in [-0.2, 0) is 11.3 Å². The van der Waals surface area contributed by atoms with Gasteiger partial charge in [-0.05, 0) is 43.4 Å². The van der Waals surface area contributed by atoms with Crippen molar-refractivity contribution in [1.82, 2.24) is 10.2 Å². The maximum atomic E-state index is 12.3. The summed E-state index contributed by atoms with van der Waals surface area (Å²) in [5.41, 5.74) is 1.30. The third-order valence-corrected chi connectivity index (χ3v) is 5.48. The Kier molecular flexibility index (Phi) is 5.96. The first-order valence-electron chi connectivity index (χ1n) is 8.98. The Balaban J connectivity index is 1.41. The molecular formula is C19H27ClN2O. The number of amides is 1. The average molecular weight is 335 g/mol. The lowest BCUT2D eigenvalue weighted by atomic mass is 9.88. The minimum absolute atomic E-state index is 0.274. The van der Waals surface area contributed by atoms with E-state index in [1.165, 1.54) is 24.8 Å². The van der Waals surface area contributed by atoms with Gasteiger partial charge in [0.25, 0.3) is 0 Å². The van der Waals surface area contributed by atoms with Gasteiger partial charge in [0.05, 0.1) is 0 Å². The fourth-order valence-corrected chi connectivity index (χ4v) is 3.89. The fourth-order valence-electron chi connectivity index (χ4n) is 3.77. The number of nitrogens with one attached hydrogen (secondary N) is 1. The fraction of sp³-hybridized carbons (Fsp3) is 0.632. The van der Waals surface area contributed by atoms with Gasteiger partial charge in [0, 0.05) is 36.6 Å². The van der Waals surface area contributed by atoms with Crippen LogP contribution in [0.4, 0.5) is 0 Å². The SMILES string of the molecule is O=C(NC1CCN(Cc2ccc(Cl)cc2)CC1)C1CCCCC1. The number of piperidine rings is 1. The van der Waals surface area contributed by atoms with Gasteiger partial charge in [-0.25, -0.2) is 0 Å². The van der Waals surface area contributed by atoms with Gasteiger partial charge in [-0.2, -0.15) is 0 Å². The summed E-state index contributed by atoms with van der Waals surface area (Å²) in [6, 6.07) is 8.46. The summed E-state index contributed by atoms with van der Waals surface area (Å²) in [4.78, 5) is 14.8. The number of carbonyl (C=O) groups is 1. The molecule has 1 aliphatic carbocycles. The van der Waals surface area contributed by atoms with Crippen molar-refractivity contribution in [3.63, 3.8) is 0 Å². The van der Waals surface area contributed by atoms with Crippen LogP contribution in [0.15, 0.2) is 24.3 Å². The van der Waals surface area contributed by atoms with E-state index in [1.807, 2.05) is 12.1 Å². The Hall–Kier alpha value is -1.06. The van der Waals surface area contributed by atoms with Gasteiger partial charge >= 0.3 is 0 Å². The molecule has 2 fully saturated rings. The van der Waals surface area contributed by atoms with Crippen LogP contribution >= 0.6 is 11.6 Å². The molecule has 1 saturated heterocycles. The lowest BCUT2D eigenvalue weighted by Gasteiger charge is -2.33. The van der Waals surface area contributed by atoms with Gasteiger partial charge in [0.1, 0.15) is 0 Å². The molecule has 3 rings (SSSR count). The predicted molar refractivity (Wildman–Crippen MR) is 94.5 cm³/mol. The standard InChI is InChI=1S/C19H27ClN2O/c20-17-8-6-15(7-9-17)14-22-12-10-18(11-13-22)21-19(23)16-4-2-1-3-5-16/h6-9,16,18H,1-5,10-14H2,(H,21,23). The molecule has 1 amide bonds. The van der Waals surface area contributed by atoms with E-state index in [2.05, 4.69) is 22.3 Å². The van der Waals surface area contributed by atoms with Crippen molar-refractivity contribution < 1.29 is 4.79 Å². The first-order chi connectivity index (χ1) is 11.2. The Labute approximate surface area is 144 Å². The predicted octanol–water partition coefficient (Wildman–Crippen LogP) is 4.00. The molecule has 1 heterocycles. The Bertz CT molecular complexity index is 503. The van der Waals surface area contributed by atoms with Crippen molar-refractivity contribution in [2.75, 3.05) is 13.1 Å². The smallest absolute Gasteiger partial charge is 0.223 e. The molecule has 0 bridgehead atoms. The summed E-state index contributed by atoms with van der Waals surface area (Å²) in [5, 5.41) is 4.09. The summed E-state index contributed by atoms with van der Waals surface area (Å²) < 4.78 is 0. The largest absolute Gasteiger partial charge is 0.353 e. The summed E-state index contributed by atoms with van der Waals surface area (Å²) in [7, 11) is 0. The van der Waals surface area contributed by atoms with Crippen LogP contribution in [0.5, 0.6) is 0 Å². The molecule has 3 nitrogen and oxygen atoms in total. The number of rotatable bonds is 4. The van der Waals surface area contributed by atoms with Gasteiger partial charge in [0.2, 0.25) is 5.91 Å². The van der Waals surface area contributed by atoms with Crippen LogP contribution in [0.2, 0.25) is 5.02 Å². The molecule has 23 heavy (non-hydrogen) atoms. The molecule has 1 saturated carbocycles. The molecule has 4 heteroatoms. The summed E-state index contributed by atoms with van der Waals surface area (Å²) in [6.07, 6.45) is 8.03. The highest BCUT2D eigenvalue weighted by atomic mass is 35.5. The number of halogens is 1. The van der Waals surface area contributed by atoms with Crippen LogP contribution in [0.1, 0.15) is 50.5 Å². The molecule has 0 radical (unpaired) electrons. The minimum atomic E-state index is 0.274. The van der Waals surface area contributed by atoms with Crippen molar-refractivity contribution in [2.45, 2.75) is 57.5 Å². The second kappa shape index (κ2) is 8.16. The maximum Gasteiger partial charge on any atom is 0.223 e. The molecule has 2 aliphatic rings. The van der Waals surface area contributed by atoms with E-state index < -0.39 is 0 Å². The van der Waals surface area contributed by atoms with Crippen molar-refractivity contribution in [3.05, 3.63) is 34.9 Å². The number of hydrogen-bond donors (Lipinski definition) is 1. The summed E-state index contributed by atoms with van der Waals surface area (Å²) >= 11 is 5.93. The highest BCUT2D eigenvalue weighted by Crippen LogP contribution is 2.24. The van der Waals surface area contributed by atoms with E-state index in [0.717, 1.165) is 50.3 Å². The molecule has 1 N–H and O–H groups in total. The zero-order valence-electron chi connectivity index (χ0n) is 13.8. The molecule has 0 unspecified atom stereocenters. The van der Waals surface area contributed by atoms with E-state index in [-0.39, 0.29) is 5.92 Å². The zero-order valence-corrected chi connectivity index (χ0v) is 14.5. The van der Waals surface area contributed by atoms with Gasteiger partial charge < -0.3 is 5.32 Å². The van der Waals surface area contributed by atoms with Gasteiger partial charge in [-0.15, -0.1) is 0 Å². The van der Waals surface area contributed by atoms with Crippen LogP contribution in [0, 0.1) is 5.92 Å². The monoisotopic (exact) mass is 334 g/mol. The Morgan fingerprint density at radius 2 is 1.70 bits per heavy atom. The number of carbonyl (C=O) groups excluding carboxylic acids is 1. The zero-order chi connectivity index (χ0) is 16.1. The van der Waals surface area contributed by atoms with Gasteiger partial charge in [-0.3, -0.25) is 9.69 Å². The minimum Gasteiger partial charge on any atom is -0.353 e. The Morgan fingerprint density at radius 3 is 2.35 bits per heavy atom. The second-order valence-electron chi connectivity index (χ2n) is 7.02. The molecule has 1 aromatic carbocycles. The second-order valence-corrected chi connectivity index (χ2v) is 7.46. The van der Waals surface area contributed by atoms with E-state index in [0.29, 0.717) is 11.9 Å². The van der Waals surface area contributed by atoms with Crippen LogP contribution in [-0.4, -0.2) is 29.9 Å². The number of nitrogens with zero attached hydrogens (tertiary/aromatic N) is 1. The molecule has 0 aromatic heterocycles. The first-order valence-corrected chi connectivity index (χ1v) is 9.36. The van der Waals surface area contributed by atoms with Gasteiger partial charge in [-0.1, -0.05) is 43.0 Å². The van der Waals surface area contributed by atoms with E-state index in [1.54, 1.807) is 0 Å². The number of hydrogen-bond acceptors (Lipinski definition) is 2. The molecule has 1 aliphatic heterocycles. The summed E-state index contributed by atoms with van der Waals surface area (Å²) in [5.74, 6) is 0.580. The van der Waals surface area contributed by atoms with Crippen LogP contribution < -0.4 is 5.32 Å². The van der Waals surface area contributed by atoms with Crippen LogP contribution in [0.25, 0.3) is 0 Å². The van der Waals surface area contributed by atoms with Crippen LogP contribution in [0.3, 0.4) is 0 Å². The van der Waals surface area contributed by atoms with Crippen molar-refractivity contribution in [3.8, 4) is 0 Å². The maximum absolute atomic E-state index is 12.3. The average Bonchev–Trinajstić information content (AvgIpc) is 2.59. The molecule has 1 aromatic rings. The quantitative estimate of drug-likeness (QED) is 0.902.